The fraction of sp³-hybridized carbons (Fsp3) is 0.250. The first-order valence-electron chi connectivity index (χ1n) is 11.8. The smallest absolute Gasteiger partial charge is 0.262 e. The molecule has 2 aliphatic heterocycles. The van der Waals surface area contributed by atoms with Gasteiger partial charge in [-0.25, -0.2) is 0 Å². The standard InChI is InChI=1S/C28H26N2O7/c1-5-37-18-12-10-17(11-13-18)29-23(16-14-21(34-2)25(36-4)22(15-16)35-3)24(28(29)33)30-26(31)19-8-6-7-9-20(19)27(30)32/h6-15,23-24H,5H2,1-4H3. The predicted molar refractivity (Wildman–Crippen MR) is 135 cm³/mol. The molecule has 0 spiro atoms. The lowest BCUT2D eigenvalue weighted by Crippen LogP contribution is -2.67. The van der Waals surface area contributed by atoms with Crippen LogP contribution in [0.2, 0.25) is 0 Å². The van der Waals surface area contributed by atoms with Crippen molar-refractivity contribution in [3.8, 4) is 23.0 Å². The first kappa shape index (κ1) is 24.2. The zero-order chi connectivity index (χ0) is 26.3. The van der Waals surface area contributed by atoms with Crippen LogP contribution < -0.4 is 23.8 Å². The van der Waals surface area contributed by atoms with Gasteiger partial charge in [0.05, 0.1) is 45.1 Å². The van der Waals surface area contributed by atoms with E-state index in [1.165, 1.54) is 21.3 Å². The Kier molecular flexibility index (Phi) is 6.20. The van der Waals surface area contributed by atoms with Gasteiger partial charge in [0.2, 0.25) is 5.75 Å². The van der Waals surface area contributed by atoms with Crippen LogP contribution in [0.15, 0.2) is 60.7 Å². The zero-order valence-electron chi connectivity index (χ0n) is 20.9. The molecule has 2 aliphatic rings. The topological polar surface area (TPSA) is 94.6 Å². The molecule has 37 heavy (non-hydrogen) atoms. The van der Waals surface area contributed by atoms with Gasteiger partial charge in [0.1, 0.15) is 11.8 Å². The number of carbonyl (C=O) groups excluding carboxylic acids is 3. The van der Waals surface area contributed by atoms with Gasteiger partial charge in [-0.3, -0.25) is 19.3 Å². The van der Waals surface area contributed by atoms with E-state index in [0.29, 0.717) is 40.9 Å². The number of imide groups is 1. The van der Waals surface area contributed by atoms with Crippen LogP contribution in [-0.4, -0.2) is 56.6 Å². The maximum atomic E-state index is 13.7. The number of benzene rings is 3. The molecule has 0 N–H and O–H groups in total. The van der Waals surface area contributed by atoms with Gasteiger partial charge < -0.3 is 23.8 Å². The second kappa shape index (κ2) is 9.50. The third kappa shape index (κ3) is 3.74. The van der Waals surface area contributed by atoms with E-state index < -0.39 is 23.9 Å². The van der Waals surface area contributed by atoms with E-state index in [1.807, 2.05) is 6.92 Å². The highest BCUT2D eigenvalue weighted by molar-refractivity contribution is 6.24. The molecule has 3 aromatic rings. The SMILES string of the molecule is CCOc1ccc(N2C(=O)C(N3C(=O)c4ccccc4C3=O)C2c2cc(OC)c(OC)c(OC)c2)cc1. The lowest BCUT2D eigenvalue weighted by atomic mass is 9.86. The number of nitrogens with zero attached hydrogens (tertiary/aromatic N) is 2. The summed E-state index contributed by atoms with van der Waals surface area (Å²) in [6.45, 7) is 2.40. The molecule has 0 aliphatic carbocycles. The Morgan fingerprint density at radius 3 is 1.78 bits per heavy atom. The highest BCUT2D eigenvalue weighted by atomic mass is 16.5. The summed E-state index contributed by atoms with van der Waals surface area (Å²) in [6, 6.07) is 15.4. The number of β-lactam (4-membered cyclic amide) rings is 1. The maximum Gasteiger partial charge on any atom is 0.262 e. The van der Waals surface area contributed by atoms with Gasteiger partial charge in [0.25, 0.3) is 17.7 Å². The molecule has 0 aromatic heterocycles. The van der Waals surface area contributed by atoms with E-state index in [2.05, 4.69) is 0 Å². The van der Waals surface area contributed by atoms with Crippen LogP contribution in [0, 0.1) is 0 Å². The minimum absolute atomic E-state index is 0.281. The summed E-state index contributed by atoms with van der Waals surface area (Å²) in [6.07, 6.45) is 0. The molecule has 9 heteroatoms. The molecular weight excluding hydrogens is 476 g/mol. The van der Waals surface area contributed by atoms with Gasteiger partial charge in [-0.1, -0.05) is 12.1 Å². The highest BCUT2D eigenvalue weighted by Gasteiger charge is 2.57. The molecule has 9 nitrogen and oxygen atoms in total. The van der Waals surface area contributed by atoms with E-state index in [-0.39, 0.29) is 17.0 Å². The van der Waals surface area contributed by atoms with Gasteiger partial charge >= 0.3 is 0 Å². The molecule has 0 saturated carbocycles. The molecule has 3 amide bonds. The summed E-state index contributed by atoms with van der Waals surface area (Å²) in [4.78, 5) is 42.9. The third-order valence-electron chi connectivity index (χ3n) is 6.63. The van der Waals surface area contributed by atoms with E-state index in [4.69, 9.17) is 18.9 Å². The van der Waals surface area contributed by atoms with Crippen molar-refractivity contribution in [2.45, 2.75) is 19.0 Å². The van der Waals surface area contributed by atoms with E-state index >= 15 is 0 Å². The number of methoxy groups -OCH3 is 3. The van der Waals surface area contributed by atoms with Crippen molar-refractivity contribution in [1.29, 1.82) is 0 Å². The van der Waals surface area contributed by atoms with Crippen molar-refractivity contribution in [1.82, 2.24) is 4.90 Å². The highest BCUT2D eigenvalue weighted by Crippen LogP contribution is 2.48. The maximum absolute atomic E-state index is 13.7. The van der Waals surface area contributed by atoms with E-state index in [1.54, 1.807) is 65.6 Å². The van der Waals surface area contributed by atoms with Crippen molar-refractivity contribution < 1.29 is 33.3 Å². The first-order valence-corrected chi connectivity index (χ1v) is 11.8. The largest absolute Gasteiger partial charge is 0.494 e. The second-order valence-electron chi connectivity index (χ2n) is 8.51. The molecule has 0 bridgehead atoms. The van der Waals surface area contributed by atoms with Crippen LogP contribution >= 0.6 is 0 Å². The molecular formula is C28H26N2O7. The summed E-state index contributed by atoms with van der Waals surface area (Å²) >= 11 is 0. The number of anilines is 1. The van der Waals surface area contributed by atoms with Crippen LogP contribution in [0.25, 0.3) is 0 Å². The number of hydrogen-bond acceptors (Lipinski definition) is 7. The van der Waals surface area contributed by atoms with E-state index in [9.17, 15) is 14.4 Å². The Morgan fingerprint density at radius 1 is 0.730 bits per heavy atom. The van der Waals surface area contributed by atoms with E-state index in [0.717, 1.165) is 4.90 Å². The monoisotopic (exact) mass is 502 g/mol. The molecule has 2 heterocycles. The van der Waals surface area contributed by atoms with Crippen molar-refractivity contribution in [2.75, 3.05) is 32.8 Å². The number of rotatable bonds is 8. The molecule has 5 rings (SSSR count). The Labute approximate surface area is 214 Å². The van der Waals surface area contributed by atoms with Crippen molar-refractivity contribution in [3.05, 3.63) is 77.4 Å². The summed E-state index contributed by atoms with van der Waals surface area (Å²) in [5, 5.41) is 0. The Bertz CT molecular complexity index is 1330. The summed E-state index contributed by atoms with van der Waals surface area (Å²) < 4.78 is 22.0. The fourth-order valence-corrected chi connectivity index (χ4v) is 4.95. The van der Waals surface area contributed by atoms with Crippen LogP contribution in [-0.2, 0) is 4.79 Å². The third-order valence-corrected chi connectivity index (χ3v) is 6.63. The fourth-order valence-electron chi connectivity index (χ4n) is 4.95. The van der Waals surface area contributed by atoms with Gasteiger partial charge in [-0.2, -0.15) is 0 Å². The molecule has 1 saturated heterocycles. The van der Waals surface area contributed by atoms with Crippen LogP contribution in [0.3, 0.4) is 0 Å². The van der Waals surface area contributed by atoms with Crippen molar-refractivity contribution >= 4 is 23.4 Å². The van der Waals surface area contributed by atoms with Crippen LogP contribution in [0.1, 0.15) is 39.2 Å². The number of ether oxygens (including phenoxy) is 4. The predicted octanol–water partition coefficient (Wildman–Crippen LogP) is 3.86. The molecule has 190 valence electrons. The average Bonchev–Trinajstić information content (AvgIpc) is 3.17. The molecule has 0 radical (unpaired) electrons. The molecule has 1 fully saturated rings. The number of fused-ring (bicyclic) bond motifs is 1. The van der Waals surface area contributed by atoms with Crippen molar-refractivity contribution in [2.24, 2.45) is 0 Å². The number of amides is 3. The van der Waals surface area contributed by atoms with Gasteiger partial charge in [-0.05, 0) is 61.0 Å². The molecule has 2 unspecified atom stereocenters. The lowest BCUT2D eigenvalue weighted by Gasteiger charge is -2.49. The molecule has 3 aromatic carbocycles. The van der Waals surface area contributed by atoms with Crippen LogP contribution in [0.4, 0.5) is 5.69 Å². The average molecular weight is 503 g/mol. The zero-order valence-corrected chi connectivity index (χ0v) is 20.9. The lowest BCUT2D eigenvalue weighted by molar-refractivity contribution is -0.130. The van der Waals surface area contributed by atoms with Crippen molar-refractivity contribution in [3.63, 3.8) is 0 Å². The summed E-state index contributed by atoms with van der Waals surface area (Å²) in [7, 11) is 4.50. The minimum Gasteiger partial charge on any atom is -0.494 e. The quantitative estimate of drug-likeness (QED) is 0.341. The first-order chi connectivity index (χ1) is 17.9. The normalized spacial score (nSPS) is 18.4. The van der Waals surface area contributed by atoms with Gasteiger partial charge in [0, 0.05) is 5.69 Å². The summed E-state index contributed by atoms with van der Waals surface area (Å²) in [5.41, 5.74) is 1.77. The Morgan fingerprint density at radius 2 is 1.30 bits per heavy atom. The Hall–Kier alpha value is -4.53. The Balaban J connectivity index is 1.62. The molecule has 2 atom stereocenters. The van der Waals surface area contributed by atoms with Gasteiger partial charge in [0.15, 0.2) is 11.5 Å². The second-order valence-corrected chi connectivity index (χ2v) is 8.51. The minimum atomic E-state index is -1.05. The number of hydrogen-bond donors (Lipinski definition) is 0. The van der Waals surface area contributed by atoms with Crippen LogP contribution in [0.5, 0.6) is 23.0 Å². The van der Waals surface area contributed by atoms with Gasteiger partial charge in [-0.15, -0.1) is 0 Å². The number of carbonyl (C=O) groups is 3. The summed E-state index contributed by atoms with van der Waals surface area (Å²) in [5.74, 6) is 0.473.